The second kappa shape index (κ2) is 15.1. The van der Waals surface area contributed by atoms with Crippen LogP contribution >= 0.6 is 24.2 Å². The summed E-state index contributed by atoms with van der Waals surface area (Å²) in [6.45, 7) is 2.26. The van der Waals surface area contributed by atoms with Crippen molar-refractivity contribution in [2.24, 2.45) is 5.73 Å². The van der Waals surface area contributed by atoms with Crippen molar-refractivity contribution in [1.82, 2.24) is 0 Å². The van der Waals surface area contributed by atoms with Crippen molar-refractivity contribution in [3.63, 3.8) is 0 Å². The molecule has 0 aromatic heterocycles. The van der Waals surface area contributed by atoms with Gasteiger partial charge in [0.25, 0.3) is 0 Å². The molecule has 0 rings (SSSR count). The zero-order valence-electron chi connectivity index (χ0n) is 10.5. The first-order valence-corrected chi connectivity index (χ1v) is 7.22. The Balaban J connectivity index is 0. The molecule has 0 aromatic carbocycles. The average Bonchev–Trinajstić information content (AvgIpc) is 2.20. The van der Waals surface area contributed by atoms with Gasteiger partial charge in [0.1, 0.15) is 0 Å². The van der Waals surface area contributed by atoms with Gasteiger partial charge in [0.05, 0.1) is 0 Å². The van der Waals surface area contributed by atoms with E-state index in [-0.39, 0.29) is 17.6 Å². The lowest BCUT2D eigenvalue weighted by molar-refractivity contribution is 0.573. The molecule has 98 valence electrons. The highest BCUT2D eigenvalue weighted by molar-refractivity contribution is 8.13. The van der Waals surface area contributed by atoms with E-state index >= 15 is 0 Å². The largest absolute Gasteiger partial charge is 0.379 e. The molecule has 16 heavy (non-hydrogen) atoms. The van der Waals surface area contributed by atoms with Gasteiger partial charge in [0, 0.05) is 5.75 Å². The van der Waals surface area contributed by atoms with Crippen LogP contribution < -0.4 is 5.73 Å². The number of nitrogens with one attached hydrogen (secondary N) is 1. The maximum atomic E-state index is 7.05. The fourth-order valence-electron chi connectivity index (χ4n) is 1.59. The Morgan fingerprint density at radius 1 is 0.938 bits per heavy atom. The van der Waals surface area contributed by atoms with Crippen LogP contribution in [0, 0.1) is 5.41 Å². The van der Waals surface area contributed by atoms with Crippen molar-refractivity contribution in [2.45, 2.75) is 64.7 Å². The van der Waals surface area contributed by atoms with Crippen LogP contribution in [0.5, 0.6) is 0 Å². The van der Waals surface area contributed by atoms with Gasteiger partial charge in [-0.1, -0.05) is 70.1 Å². The zero-order chi connectivity index (χ0) is 11.4. The smallest absolute Gasteiger partial charge is 0.151 e. The highest BCUT2D eigenvalue weighted by Gasteiger charge is 1.93. The third-order valence-corrected chi connectivity index (χ3v) is 3.31. The predicted molar refractivity (Wildman–Crippen MR) is 78.8 cm³/mol. The number of hydrogen-bond donors (Lipinski definition) is 2. The van der Waals surface area contributed by atoms with Gasteiger partial charge in [-0.15, -0.1) is 12.4 Å². The fourth-order valence-corrected chi connectivity index (χ4v) is 2.16. The van der Waals surface area contributed by atoms with E-state index in [2.05, 4.69) is 6.92 Å². The van der Waals surface area contributed by atoms with E-state index in [1.54, 1.807) is 0 Å². The third kappa shape index (κ3) is 16.5. The molecular formula is C12H27ClN2S. The Labute approximate surface area is 111 Å². The van der Waals surface area contributed by atoms with Gasteiger partial charge < -0.3 is 5.73 Å². The minimum absolute atomic E-state index is 0. The summed E-state index contributed by atoms with van der Waals surface area (Å²) in [5, 5.41) is 7.30. The van der Waals surface area contributed by atoms with E-state index < -0.39 is 0 Å². The normalized spacial score (nSPS) is 9.81. The number of thioether (sulfide) groups is 1. The lowest BCUT2D eigenvalue weighted by Crippen LogP contribution is -2.04. The second-order valence-corrected chi connectivity index (χ2v) is 5.18. The second-order valence-electron chi connectivity index (χ2n) is 4.04. The summed E-state index contributed by atoms with van der Waals surface area (Å²) in [5.74, 6) is 1.02. The zero-order valence-corrected chi connectivity index (χ0v) is 12.1. The minimum atomic E-state index is 0. The highest BCUT2D eigenvalue weighted by Crippen LogP contribution is 2.11. The number of nitrogens with two attached hydrogens (primary N) is 1. The molecule has 0 heterocycles. The van der Waals surface area contributed by atoms with Crippen LogP contribution in [0.25, 0.3) is 0 Å². The maximum absolute atomic E-state index is 7.05. The lowest BCUT2D eigenvalue weighted by atomic mass is 10.1. The summed E-state index contributed by atoms with van der Waals surface area (Å²) in [6, 6.07) is 0. The molecule has 0 spiro atoms. The molecule has 0 unspecified atom stereocenters. The van der Waals surface area contributed by atoms with Crippen molar-refractivity contribution in [2.75, 3.05) is 5.75 Å². The lowest BCUT2D eigenvalue weighted by Gasteiger charge is -2.01. The molecule has 0 bridgehead atoms. The first kappa shape index (κ1) is 18.5. The van der Waals surface area contributed by atoms with E-state index in [1.807, 2.05) is 0 Å². The Morgan fingerprint density at radius 2 is 1.38 bits per heavy atom. The molecule has 0 fully saturated rings. The van der Waals surface area contributed by atoms with E-state index in [1.165, 1.54) is 69.5 Å². The van der Waals surface area contributed by atoms with Crippen LogP contribution in [0.1, 0.15) is 64.7 Å². The van der Waals surface area contributed by atoms with Gasteiger partial charge in [0.2, 0.25) is 0 Å². The Morgan fingerprint density at radius 3 is 1.81 bits per heavy atom. The summed E-state index contributed by atoms with van der Waals surface area (Å²) in [6.07, 6.45) is 12.2. The van der Waals surface area contributed by atoms with Crippen molar-refractivity contribution in [3.05, 3.63) is 0 Å². The first-order chi connectivity index (χ1) is 7.27. The SMILES string of the molecule is CCCCCCCCCCCSC(=N)N.Cl. The number of halogens is 1. The van der Waals surface area contributed by atoms with Gasteiger partial charge in [0.15, 0.2) is 5.17 Å². The van der Waals surface area contributed by atoms with Gasteiger partial charge in [-0.05, 0) is 6.42 Å². The molecule has 3 N–H and O–H groups in total. The molecule has 0 aliphatic carbocycles. The first-order valence-electron chi connectivity index (χ1n) is 6.24. The van der Waals surface area contributed by atoms with Crippen molar-refractivity contribution < 1.29 is 0 Å². The maximum Gasteiger partial charge on any atom is 0.151 e. The summed E-state index contributed by atoms with van der Waals surface area (Å²) < 4.78 is 0. The van der Waals surface area contributed by atoms with Crippen LogP contribution in [0.2, 0.25) is 0 Å². The van der Waals surface area contributed by atoms with Crippen molar-refractivity contribution in [3.8, 4) is 0 Å². The molecule has 0 aromatic rings. The molecule has 2 nitrogen and oxygen atoms in total. The van der Waals surface area contributed by atoms with Crippen LogP contribution in [-0.2, 0) is 0 Å². The minimum Gasteiger partial charge on any atom is -0.379 e. The monoisotopic (exact) mass is 266 g/mol. The standard InChI is InChI=1S/C12H26N2S.ClH/c1-2-3-4-5-6-7-8-9-10-11-15-12(13)14;/h2-11H2,1H3,(H3,13,14);1H. The Hall–Kier alpha value is 0.110. The molecule has 0 saturated carbocycles. The number of amidine groups is 1. The molecule has 0 amide bonds. The average molecular weight is 267 g/mol. The molecule has 0 aliphatic heterocycles. The quantitative estimate of drug-likeness (QED) is 0.346. The molecule has 4 heteroatoms. The molecule has 0 aliphatic rings. The number of rotatable bonds is 10. The van der Waals surface area contributed by atoms with Crippen molar-refractivity contribution >= 4 is 29.3 Å². The summed E-state index contributed by atoms with van der Waals surface area (Å²) in [7, 11) is 0. The predicted octanol–water partition coefficient (Wildman–Crippen LogP) is 4.57. The van der Waals surface area contributed by atoms with E-state index in [4.69, 9.17) is 11.1 Å². The van der Waals surface area contributed by atoms with E-state index in [0.29, 0.717) is 0 Å². The van der Waals surface area contributed by atoms with Gasteiger partial charge in [-0.3, -0.25) is 5.41 Å². The molecule has 0 saturated heterocycles. The molecular weight excluding hydrogens is 240 g/mol. The Bertz CT molecular complexity index is 154. The highest BCUT2D eigenvalue weighted by atomic mass is 35.5. The molecule has 0 atom stereocenters. The molecule has 0 radical (unpaired) electrons. The fraction of sp³-hybridized carbons (Fsp3) is 0.917. The number of unbranched alkanes of at least 4 members (excludes halogenated alkanes) is 8. The summed E-state index contributed by atoms with van der Waals surface area (Å²) in [4.78, 5) is 0. The van der Waals surface area contributed by atoms with E-state index in [9.17, 15) is 0 Å². The summed E-state index contributed by atoms with van der Waals surface area (Å²) >= 11 is 1.47. The van der Waals surface area contributed by atoms with E-state index in [0.717, 1.165) is 5.75 Å². The van der Waals surface area contributed by atoms with Crippen LogP contribution in [0.3, 0.4) is 0 Å². The number of hydrogen-bond acceptors (Lipinski definition) is 2. The topological polar surface area (TPSA) is 49.9 Å². The van der Waals surface area contributed by atoms with Gasteiger partial charge in [-0.25, -0.2) is 0 Å². The van der Waals surface area contributed by atoms with Gasteiger partial charge in [-0.2, -0.15) is 0 Å². The van der Waals surface area contributed by atoms with Crippen LogP contribution in [-0.4, -0.2) is 10.9 Å². The van der Waals surface area contributed by atoms with Gasteiger partial charge >= 0.3 is 0 Å². The summed E-state index contributed by atoms with van der Waals surface area (Å²) in [5.41, 5.74) is 5.25. The third-order valence-electron chi connectivity index (χ3n) is 2.51. The van der Waals surface area contributed by atoms with Crippen molar-refractivity contribution in [1.29, 1.82) is 5.41 Å². The van der Waals surface area contributed by atoms with Crippen LogP contribution in [0.15, 0.2) is 0 Å². The Kier molecular flexibility index (Phi) is 17.4. The van der Waals surface area contributed by atoms with Crippen LogP contribution in [0.4, 0.5) is 0 Å².